The number of aromatic nitrogens is 3. The van der Waals surface area contributed by atoms with Crippen molar-refractivity contribution in [3.05, 3.63) is 41.7 Å². The number of aliphatic hydroxyl groups is 1. The molecule has 2 aromatic heterocycles. The van der Waals surface area contributed by atoms with Gasteiger partial charge in [-0.3, -0.25) is 4.98 Å². The van der Waals surface area contributed by atoms with Crippen molar-refractivity contribution in [2.75, 3.05) is 0 Å². The summed E-state index contributed by atoms with van der Waals surface area (Å²) < 4.78 is 5.64. The van der Waals surface area contributed by atoms with E-state index in [1.54, 1.807) is 12.4 Å². The molecule has 19 heavy (non-hydrogen) atoms. The molecule has 5 heteroatoms. The molecular weight excluding hydrogens is 242 g/mol. The molecule has 0 spiro atoms. The molecule has 0 amide bonds. The van der Waals surface area contributed by atoms with E-state index in [1.807, 2.05) is 32.9 Å². The van der Waals surface area contributed by atoms with Crippen LogP contribution in [0.25, 0.3) is 0 Å². The summed E-state index contributed by atoms with van der Waals surface area (Å²) in [5, 5.41) is 9.36. The average Bonchev–Trinajstić information content (AvgIpc) is 2.41. The number of rotatable bonds is 4. The summed E-state index contributed by atoms with van der Waals surface area (Å²) >= 11 is 0. The van der Waals surface area contributed by atoms with Crippen LogP contribution in [0.15, 0.2) is 24.5 Å². The molecule has 0 aliphatic rings. The number of hydrogen-bond acceptors (Lipinski definition) is 5. The first-order valence-electron chi connectivity index (χ1n) is 6.17. The van der Waals surface area contributed by atoms with E-state index in [1.165, 1.54) is 0 Å². The van der Waals surface area contributed by atoms with Gasteiger partial charge in [-0.15, -0.1) is 0 Å². The first-order valence-corrected chi connectivity index (χ1v) is 6.17. The number of aryl methyl sites for hydroxylation is 1. The third-order valence-corrected chi connectivity index (χ3v) is 2.63. The van der Waals surface area contributed by atoms with Gasteiger partial charge in [0.1, 0.15) is 17.3 Å². The molecule has 0 atom stereocenters. The summed E-state index contributed by atoms with van der Waals surface area (Å²) in [5.74, 6) is 1.96. The lowest BCUT2D eigenvalue weighted by atomic mass is 10.2. The van der Waals surface area contributed by atoms with E-state index in [0.29, 0.717) is 23.0 Å². The second-order valence-electron chi connectivity index (χ2n) is 4.59. The number of aliphatic hydroxyl groups excluding tert-OH is 1. The van der Waals surface area contributed by atoms with Gasteiger partial charge in [0.25, 0.3) is 0 Å². The van der Waals surface area contributed by atoms with Crippen LogP contribution in [0.5, 0.6) is 11.5 Å². The van der Waals surface area contributed by atoms with E-state index in [2.05, 4.69) is 15.0 Å². The Morgan fingerprint density at radius 1 is 1.21 bits per heavy atom. The van der Waals surface area contributed by atoms with E-state index in [9.17, 15) is 5.11 Å². The fourth-order valence-corrected chi connectivity index (χ4v) is 1.54. The second kappa shape index (κ2) is 5.75. The Kier molecular flexibility index (Phi) is 4.06. The molecule has 100 valence electrons. The zero-order valence-corrected chi connectivity index (χ0v) is 11.3. The Bertz CT molecular complexity index is 553. The fourth-order valence-electron chi connectivity index (χ4n) is 1.54. The molecule has 0 radical (unpaired) electrons. The van der Waals surface area contributed by atoms with Gasteiger partial charge < -0.3 is 9.84 Å². The lowest BCUT2D eigenvalue weighted by molar-refractivity contribution is 0.269. The van der Waals surface area contributed by atoms with Gasteiger partial charge in [-0.05, 0) is 19.1 Å². The van der Waals surface area contributed by atoms with Crippen LogP contribution in [0, 0.1) is 6.92 Å². The average molecular weight is 259 g/mol. The summed E-state index contributed by atoms with van der Waals surface area (Å²) in [6.07, 6.45) is 3.22. The second-order valence-corrected chi connectivity index (χ2v) is 4.59. The Morgan fingerprint density at radius 2 is 2.00 bits per heavy atom. The third kappa shape index (κ3) is 3.26. The Balaban J connectivity index is 2.27. The predicted molar refractivity (Wildman–Crippen MR) is 71.1 cm³/mol. The minimum absolute atomic E-state index is 0.184. The molecule has 0 aliphatic carbocycles. The van der Waals surface area contributed by atoms with Gasteiger partial charge in [-0.2, -0.15) is 0 Å². The molecule has 0 saturated heterocycles. The van der Waals surface area contributed by atoms with Crippen LogP contribution < -0.4 is 4.74 Å². The molecule has 0 fully saturated rings. The highest BCUT2D eigenvalue weighted by atomic mass is 16.5. The molecule has 2 heterocycles. The van der Waals surface area contributed by atoms with Crippen molar-refractivity contribution >= 4 is 0 Å². The van der Waals surface area contributed by atoms with Crippen LogP contribution in [-0.2, 0) is 6.61 Å². The van der Waals surface area contributed by atoms with E-state index in [4.69, 9.17) is 4.74 Å². The lowest BCUT2D eigenvalue weighted by Gasteiger charge is -2.11. The van der Waals surface area contributed by atoms with E-state index < -0.39 is 0 Å². The maximum absolute atomic E-state index is 9.36. The minimum Gasteiger partial charge on any atom is -0.452 e. The normalized spacial score (nSPS) is 10.8. The molecule has 0 bridgehead atoms. The molecule has 0 saturated carbocycles. The van der Waals surface area contributed by atoms with E-state index >= 15 is 0 Å². The highest BCUT2D eigenvalue weighted by Gasteiger charge is 2.11. The molecule has 5 nitrogen and oxygen atoms in total. The zero-order valence-electron chi connectivity index (χ0n) is 11.3. The highest BCUT2D eigenvalue weighted by molar-refractivity contribution is 5.31. The van der Waals surface area contributed by atoms with Crippen molar-refractivity contribution < 1.29 is 9.84 Å². The fraction of sp³-hybridized carbons (Fsp3) is 0.357. The summed E-state index contributed by atoms with van der Waals surface area (Å²) in [6.45, 7) is 5.72. The number of nitrogens with zero attached hydrogens (tertiary/aromatic N) is 3. The minimum atomic E-state index is -0.184. The lowest BCUT2D eigenvalue weighted by Crippen LogP contribution is -2.03. The summed E-state index contributed by atoms with van der Waals surface area (Å²) in [5.41, 5.74) is 1.40. The van der Waals surface area contributed by atoms with Crippen molar-refractivity contribution in [3.8, 4) is 11.5 Å². The summed E-state index contributed by atoms with van der Waals surface area (Å²) in [4.78, 5) is 12.7. The maximum Gasteiger partial charge on any atom is 0.169 e. The van der Waals surface area contributed by atoms with Gasteiger partial charge in [-0.1, -0.05) is 13.8 Å². The molecule has 0 aromatic carbocycles. The van der Waals surface area contributed by atoms with Crippen molar-refractivity contribution in [2.24, 2.45) is 0 Å². The Hall–Kier alpha value is -2.01. The topological polar surface area (TPSA) is 68.1 Å². The molecular formula is C14H17N3O2. The van der Waals surface area contributed by atoms with Crippen LogP contribution in [0.1, 0.15) is 37.0 Å². The summed E-state index contributed by atoms with van der Waals surface area (Å²) in [7, 11) is 0. The van der Waals surface area contributed by atoms with Gasteiger partial charge in [0, 0.05) is 11.6 Å². The Morgan fingerprint density at radius 3 is 2.58 bits per heavy atom. The highest BCUT2D eigenvalue weighted by Crippen LogP contribution is 2.24. The van der Waals surface area contributed by atoms with E-state index in [0.717, 1.165) is 5.69 Å². The van der Waals surface area contributed by atoms with Gasteiger partial charge in [0.15, 0.2) is 5.75 Å². The van der Waals surface area contributed by atoms with E-state index in [-0.39, 0.29) is 12.5 Å². The first kappa shape index (κ1) is 13.4. The SMILES string of the molecule is Cc1ccc(Oc2cnc(C(C)C)nc2CO)cn1. The third-order valence-electron chi connectivity index (χ3n) is 2.63. The standard InChI is InChI=1S/C14H17N3O2/c1-9(2)14-16-7-13(12(8-18)17-14)19-11-5-4-10(3)15-6-11/h4-7,9,18H,8H2,1-3H3. The van der Waals surface area contributed by atoms with Crippen molar-refractivity contribution in [3.63, 3.8) is 0 Å². The molecule has 2 aromatic rings. The first-order chi connectivity index (χ1) is 9.10. The van der Waals surface area contributed by atoms with Crippen LogP contribution in [0.2, 0.25) is 0 Å². The number of pyridine rings is 1. The van der Waals surface area contributed by atoms with Gasteiger partial charge in [0.2, 0.25) is 0 Å². The predicted octanol–water partition coefficient (Wildman–Crippen LogP) is 2.59. The molecule has 2 rings (SSSR count). The monoisotopic (exact) mass is 259 g/mol. The van der Waals surface area contributed by atoms with Crippen molar-refractivity contribution in [2.45, 2.75) is 33.3 Å². The largest absolute Gasteiger partial charge is 0.452 e. The zero-order chi connectivity index (χ0) is 13.8. The van der Waals surface area contributed by atoms with Crippen molar-refractivity contribution in [1.82, 2.24) is 15.0 Å². The smallest absolute Gasteiger partial charge is 0.169 e. The van der Waals surface area contributed by atoms with Crippen LogP contribution in [0.3, 0.4) is 0 Å². The quantitative estimate of drug-likeness (QED) is 0.914. The summed E-state index contributed by atoms with van der Waals surface area (Å²) in [6, 6.07) is 3.68. The maximum atomic E-state index is 9.36. The van der Waals surface area contributed by atoms with Gasteiger partial charge in [-0.25, -0.2) is 9.97 Å². The van der Waals surface area contributed by atoms with Gasteiger partial charge >= 0.3 is 0 Å². The van der Waals surface area contributed by atoms with Crippen LogP contribution in [0.4, 0.5) is 0 Å². The number of hydrogen-bond donors (Lipinski definition) is 1. The molecule has 0 aliphatic heterocycles. The Labute approximate surface area is 112 Å². The van der Waals surface area contributed by atoms with Gasteiger partial charge in [0.05, 0.1) is 19.0 Å². The molecule has 1 N–H and O–H groups in total. The van der Waals surface area contributed by atoms with Crippen LogP contribution >= 0.6 is 0 Å². The molecule has 0 unspecified atom stereocenters. The van der Waals surface area contributed by atoms with Crippen molar-refractivity contribution in [1.29, 1.82) is 0 Å². The number of ether oxygens (including phenoxy) is 1. The van der Waals surface area contributed by atoms with Crippen LogP contribution in [-0.4, -0.2) is 20.1 Å².